The average Bonchev–Trinajstić information content (AvgIpc) is 2.85. The van der Waals surface area contributed by atoms with Gasteiger partial charge in [-0.2, -0.15) is 10.4 Å². The molecule has 3 aromatic rings. The molecule has 3 rings (SSSR count). The van der Waals surface area contributed by atoms with E-state index in [0.717, 1.165) is 11.1 Å². The number of hydrogen-bond donors (Lipinski definition) is 2. The molecule has 0 aliphatic carbocycles. The number of anilines is 1. The van der Waals surface area contributed by atoms with Crippen LogP contribution in [0.1, 0.15) is 35.6 Å². The van der Waals surface area contributed by atoms with Crippen molar-refractivity contribution in [2.75, 3.05) is 11.9 Å². The molecule has 0 heterocycles. The van der Waals surface area contributed by atoms with Crippen molar-refractivity contribution in [3.8, 4) is 17.6 Å². The number of carbonyl (C=O) groups excluding carboxylic acids is 2. The number of nitrogens with zero attached hydrogens (tertiary/aromatic N) is 2. The Balaban J connectivity index is 1.56. The summed E-state index contributed by atoms with van der Waals surface area (Å²) >= 11 is 0. The Morgan fingerprint density at radius 3 is 2.51 bits per heavy atom. The first-order chi connectivity index (χ1) is 17.0. The lowest BCUT2D eigenvalue weighted by atomic mass is 10.1. The van der Waals surface area contributed by atoms with Gasteiger partial charge in [-0.15, -0.1) is 0 Å². The predicted octanol–water partition coefficient (Wildman–Crippen LogP) is 4.32. The van der Waals surface area contributed by atoms with Crippen LogP contribution in [0.2, 0.25) is 0 Å². The van der Waals surface area contributed by atoms with Gasteiger partial charge in [-0.3, -0.25) is 9.59 Å². The third-order valence-electron chi connectivity index (χ3n) is 4.85. The summed E-state index contributed by atoms with van der Waals surface area (Å²) in [5, 5.41) is 15.8. The Morgan fingerprint density at radius 1 is 1.00 bits per heavy atom. The molecule has 0 atom stereocenters. The maximum Gasteiger partial charge on any atom is 0.249 e. The van der Waals surface area contributed by atoms with E-state index in [0.29, 0.717) is 34.9 Å². The summed E-state index contributed by atoms with van der Waals surface area (Å²) in [7, 11) is 0. The van der Waals surface area contributed by atoms with E-state index in [1.54, 1.807) is 42.5 Å². The van der Waals surface area contributed by atoms with Crippen LogP contribution in [0.15, 0.2) is 71.8 Å². The number of nitriles is 1. The topological polar surface area (TPSA) is 113 Å². The molecule has 8 heteroatoms. The Bertz CT molecular complexity index is 1250. The zero-order chi connectivity index (χ0) is 25.0. The molecule has 0 saturated heterocycles. The van der Waals surface area contributed by atoms with Gasteiger partial charge in [0.25, 0.3) is 0 Å². The van der Waals surface area contributed by atoms with Gasteiger partial charge in [-0.1, -0.05) is 35.9 Å². The summed E-state index contributed by atoms with van der Waals surface area (Å²) in [6.07, 6.45) is 1.10. The van der Waals surface area contributed by atoms with Crippen molar-refractivity contribution >= 4 is 23.7 Å². The van der Waals surface area contributed by atoms with Crippen molar-refractivity contribution in [2.24, 2.45) is 5.10 Å². The fraction of sp³-hybridized carbons (Fsp3) is 0.185. The van der Waals surface area contributed by atoms with Crippen molar-refractivity contribution in [2.45, 2.75) is 26.9 Å². The molecule has 178 valence electrons. The monoisotopic (exact) mass is 470 g/mol. The van der Waals surface area contributed by atoms with Crippen LogP contribution >= 0.6 is 0 Å². The highest BCUT2D eigenvalue weighted by atomic mass is 16.5. The van der Waals surface area contributed by atoms with E-state index in [4.69, 9.17) is 9.47 Å². The van der Waals surface area contributed by atoms with Crippen LogP contribution < -0.4 is 20.2 Å². The van der Waals surface area contributed by atoms with Crippen LogP contribution in [-0.4, -0.2) is 24.6 Å². The molecule has 0 unspecified atom stereocenters. The third-order valence-corrected chi connectivity index (χ3v) is 4.85. The lowest BCUT2D eigenvalue weighted by Crippen LogP contribution is -2.24. The molecule has 0 saturated carbocycles. The summed E-state index contributed by atoms with van der Waals surface area (Å²) in [5.74, 6) is 0.0647. The van der Waals surface area contributed by atoms with Gasteiger partial charge in [0.05, 0.1) is 24.5 Å². The molecule has 2 N–H and O–H groups in total. The van der Waals surface area contributed by atoms with Crippen molar-refractivity contribution in [1.82, 2.24) is 5.43 Å². The van der Waals surface area contributed by atoms with Crippen LogP contribution in [0.3, 0.4) is 0 Å². The largest absolute Gasteiger partial charge is 0.490 e. The Hall–Kier alpha value is -4.64. The molecule has 0 aliphatic rings. The van der Waals surface area contributed by atoms with Crippen LogP contribution in [0, 0.1) is 18.3 Å². The lowest BCUT2D eigenvalue weighted by Gasteiger charge is -2.13. The molecular weight excluding hydrogens is 444 g/mol. The normalized spacial score (nSPS) is 10.4. The summed E-state index contributed by atoms with van der Waals surface area (Å²) in [6.45, 7) is 4.46. The molecule has 2 amide bonds. The van der Waals surface area contributed by atoms with E-state index in [-0.39, 0.29) is 13.0 Å². The molecule has 0 fully saturated rings. The number of amides is 2. The first-order valence-electron chi connectivity index (χ1n) is 11.0. The van der Waals surface area contributed by atoms with E-state index >= 15 is 0 Å². The van der Waals surface area contributed by atoms with Gasteiger partial charge in [-0.25, -0.2) is 5.43 Å². The number of nitrogens with one attached hydrogen (secondary N) is 2. The maximum absolute atomic E-state index is 12.0. The second-order valence-electron chi connectivity index (χ2n) is 7.58. The lowest BCUT2D eigenvalue weighted by molar-refractivity contribution is -0.126. The van der Waals surface area contributed by atoms with E-state index < -0.39 is 11.8 Å². The maximum atomic E-state index is 12.0. The second kappa shape index (κ2) is 12.6. The molecule has 3 aromatic carbocycles. The quantitative estimate of drug-likeness (QED) is 0.260. The predicted molar refractivity (Wildman–Crippen MR) is 133 cm³/mol. The smallest absolute Gasteiger partial charge is 0.249 e. The molecule has 0 aromatic heterocycles. The number of ether oxygens (including phenoxy) is 2. The standard InChI is InChI=1S/C27H26N4O4/c1-3-34-25-14-20(10-13-24(25)35-18-22-7-5-4-6-21(22)16-28)17-29-31-27(33)15-26(32)30-23-11-8-19(2)9-12-23/h4-14,17H,3,15,18H2,1-2H3,(H,30,32)(H,31,33). The first-order valence-corrected chi connectivity index (χ1v) is 11.0. The number of rotatable bonds is 10. The minimum absolute atomic E-state index is 0.220. The average molecular weight is 471 g/mol. The van der Waals surface area contributed by atoms with Crippen LogP contribution in [0.4, 0.5) is 5.69 Å². The van der Waals surface area contributed by atoms with Crippen LogP contribution in [0.25, 0.3) is 0 Å². The van der Waals surface area contributed by atoms with Crippen LogP contribution in [-0.2, 0) is 16.2 Å². The molecule has 35 heavy (non-hydrogen) atoms. The van der Waals surface area contributed by atoms with E-state index in [2.05, 4.69) is 21.9 Å². The van der Waals surface area contributed by atoms with Gasteiger partial charge in [-0.05, 0) is 55.8 Å². The van der Waals surface area contributed by atoms with Gasteiger partial charge < -0.3 is 14.8 Å². The highest BCUT2D eigenvalue weighted by molar-refractivity contribution is 6.03. The second-order valence-corrected chi connectivity index (χ2v) is 7.58. The van der Waals surface area contributed by atoms with Crippen molar-refractivity contribution in [3.05, 3.63) is 89.0 Å². The SMILES string of the molecule is CCOc1cc(C=NNC(=O)CC(=O)Nc2ccc(C)cc2)ccc1OCc1ccccc1C#N. The number of benzene rings is 3. The van der Waals surface area contributed by atoms with E-state index in [1.807, 2.05) is 38.1 Å². The van der Waals surface area contributed by atoms with Crippen molar-refractivity contribution < 1.29 is 19.1 Å². The van der Waals surface area contributed by atoms with Gasteiger partial charge >= 0.3 is 0 Å². The van der Waals surface area contributed by atoms with Gasteiger partial charge in [0.2, 0.25) is 11.8 Å². The van der Waals surface area contributed by atoms with Crippen molar-refractivity contribution in [3.63, 3.8) is 0 Å². The third kappa shape index (κ3) is 7.72. The number of carbonyl (C=O) groups is 2. The molecule has 8 nitrogen and oxygen atoms in total. The molecular formula is C27H26N4O4. The van der Waals surface area contributed by atoms with E-state index in [9.17, 15) is 14.9 Å². The Labute approximate surface area is 204 Å². The number of aryl methyl sites for hydroxylation is 1. The highest BCUT2D eigenvalue weighted by Crippen LogP contribution is 2.29. The van der Waals surface area contributed by atoms with Crippen LogP contribution in [0.5, 0.6) is 11.5 Å². The molecule has 0 aliphatic heterocycles. The van der Waals surface area contributed by atoms with Gasteiger partial charge in [0, 0.05) is 11.3 Å². The number of hydrazone groups is 1. The Kier molecular flexibility index (Phi) is 8.97. The zero-order valence-electron chi connectivity index (χ0n) is 19.6. The minimum Gasteiger partial charge on any atom is -0.490 e. The zero-order valence-corrected chi connectivity index (χ0v) is 19.6. The van der Waals surface area contributed by atoms with Gasteiger partial charge in [0.15, 0.2) is 11.5 Å². The summed E-state index contributed by atoms with van der Waals surface area (Å²) < 4.78 is 11.6. The fourth-order valence-electron chi connectivity index (χ4n) is 3.11. The van der Waals surface area contributed by atoms with E-state index in [1.165, 1.54) is 6.21 Å². The summed E-state index contributed by atoms with van der Waals surface area (Å²) in [6, 6.07) is 21.9. The number of hydrogen-bond acceptors (Lipinski definition) is 6. The fourth-order valence-corrected chi connectivity index (χ4v) is 3.11. The molecule has 0 radical (unpaired) electrons. The minimum atomic E-state index is -0.535. The molecule has 0 bridgehead atoms. The Morgan fingerprint density at radius 2 is 1.77 bits per heavy atom. The van der Waals surface area contributed by atoms with Gasteiger partial charge in [0.1, 0.15) is 13.0 Å². The van der Waals surface area contributed by atoms with Crippen molar-refractivity contribution in [1.29, 1.82) is 5.26 Å². The summed E-state index contributed by atoms with van der Waals surface area (Å²) in [4.78, 5) is 24.1. The first kappa shape index (κ1) is 25.0. The molecule has 0 spiro atoms. The highest BCUT2D eigenvalue weighted by Gasteiger charge is 2.10. The summed E-state index contributed by atoms with van der Waals surface area (Å²) in [5.41, 5.74) is 6.05.